The molecule has 1 heterocycles. The van der Waals surface area contributed by atoms with E-state index in [4.69, 9.17) is 15.2 Å². The molecule has 2 aromatic carbocycles. The predicted molar refractivity (Wildman–Crippen MR) is 162 cm³/mol. The van der Waals surface area contributed by atoms with Crippen molar-refractivity contribution in [3.8, 4) is 5.75 Å². The summed E-state index contributed by atoms with van der Waals surface area (Å²) in [6.45, 7) is 5.32. The van der Waals surface area contributed by atoms with Crippen LogP contribution in [0, 0.1) is 13.8 Å². The van der Waals surface area contributed by atoms with Crippen molar-refractivity contribution in [3.63, 3.8) is 0 Å². The van der Waals surface area contributed by atoms with Crippen LogP contribution in [0.25, 0.3) is 0 Å². The third kappa shape index (κ3) is 7.48. The third-order valence-electron chi connectivity index (χ3n) is 6.83. The van der Waals surface area contributed by atoms with E-state index in [0.717, 1.165) is 23.2 Å². The van der Waals surface area contributed by atoms with Gasteiger partial charge in [0.1, 0.15) is 5.75 Å². The number of carbonyl (C=O) groups excluding carboxylic acids is 4. The lowest BCUT2D eigenvalue weighted by atomic mass is 10.1. The molecule has 0 radical (unpaired) electrons. The first kappa shape index (κ1) is 31.5. The fourth-order valence-electron chi connectivity index (χ4n) is 4.24. The largest absolute Gasteiger partial charge is 0.508 e. The van der Waals surface area contributed by atoms with E-state index < -0.39 is 24.8 Å². The van der Waals surface area contributed by atoms with Crippen LogP contribution < -0.4 is 11.1 Å². The number of aromatic amines is 1. The zero-order chi connectivity index (χ0) is 31.8. The lowest BCUT2D eigenvalue weighted by Gasteiger charge is -2.20. The van der Waals surface area contributed by atoms with E-state index in [9.17, 15) is 24.3 Å². The number of aromatic hydroxyl groups is 1. The molecule has 3 amide bonds. The quantitative estimate of drug-likeness (QED) is 0.115. The molecule has 13 heteroatoms. The number of nitrogens with one attached hydrogen (secondary N) is 2. The first-order valence-corrected chi connectivity index (χ1v) is 14.0. The van der Waals surface area contributed by atoms with Crippen LogP contribution in [0.5, 0.6) is 5.75 Å². The molecule has 1 aliphatic carbocycles. The number of hydrogen-bond acceptors (Lipinski definition) is 8. The summed E-state index contributed by atoms with van der Waals surface area (Å²) in [5, 5.41) is 12.2. The van der Waals surface area contributed by atoms with Gasteiger partial charge in [0.15, 0.2) is 5.84 Å². The Bertz CT molecular complexity index is 1610. The van der Waals surface area contributed by atoms with Crippen molar-refractivity contribution < 1.29 is 33.8 Å². The number of carbonyl (C=O) groups is 4. The van der Waals surface area contributed by atoms with E-state index in [1.807, 2.05) is 13.8 Å². The maximum Gasteiger partial charge on any atom is 0.419 e. The van der Waals surface area contributed by atoms with Gasteiger partial charge in [-0.25, -0.2) is 24.5 Å². The lowest BCUT2D eigenvalue weighted by Crippen LogP contribution is -2.39. The Morgan fingerprint density at radius 2 is 1.80 bits per heavy atom. The molecule has 1 aliphatic rings. The van der Waals surface area contributed by atoms with Crippen LogP contribution >= 0.6 is 0 Å². The number of aryl methyl sites for hydroxylation is 1. The Kier molecular flexibility index (Phi) is 10.1. The highest BCUT2D eigenvalue weighted by molar-refractivity contribution is 6.09. The molecular weight excluding hydrogens is 568 g/mol. The van der Waals surface area contributed by atoms with Crippen molar-refractivity contribution in [2.75, 3.05) is 13.3 Å². The number of amides is 3. The van der Waals surface area contributed by atoms with E-state index in [0.29, 0.717) is 41.9 Å². The second-order valence-electron chi connectivity index (χ2n) is 10.1. The second kappa shape index (κ2) is 14.1. The molecule has 1 saturated carbocycles. The molecule has 0 aliphatic heterocycles. The van der Waals surface area contributed by atoms with E-state index >= 15 is 0 Å². The van der Waals surface area contributed by atoms with Crippen molar-refractivity contribution in [3.05, 3.63) is 82.2 Å². The number of imide groups is 1. The van der Waals surface area contributed by atoms with Crippen LogP contribution in [0.4, 0.5) is 10.5 Å². The highest BCUT2D eigenvalue weighted by atomic mass is 16.7. The van der Waals surface area contributed by atoms with Gasteiger partial charge in [0.05, 0.1) is 28.8 Å². The standard InChI is InChI=1S/C31H34N6O7/c1-4-13-33-28(39)21-6-5-18(2)25(14-21)36-27(35-16-32)26-19(3)24(15-34-26)29(40)37(22-9-10-22)31(42)44-17-43-30(41)20-7-11-23(38)12-8-20/h5-8,11-12,14-16,22,34,38H,4,9-10,13,17H2,1-3H3,(H,33,39)(H2,32,35,36). The molecule has 13 nitrogen and oxygen atoms in total. The van der Waals surface area contributed by atoms with Crippen molar-refractivity contribution in [1.82, 2.24) is 15.2 Å². The Morgan fingerprint density at radius 1 is 1.09 bits per heavy atom. The number of phenols is 1. The van der Waals surface area contributed by atoms with Gasteiger partial charge < -0.3 is 30.6 Å². The Morgan fingerprint density at radius 3 is 2.45 bits per heavy atom. The van der Waals surface area contributed by atoms with Gasteiger partial charge in [-0.05, 0) is 80.6 Å². The summed E-state index contributed by atoms with van der Waals surface area (Å²) in [5.74, 6) is -1.44. The fourth-order valence-corrected chi connectivity index (χ4v) is 4.24. The number of rotatable bonds is 10. The molecule has 0 atom stereocenters. The van der Waals surface area contributed by atoms with E-state index in [1.54, 1.807) is 25.1 Å². The lowest BCUT2D eigenvalue weighted by molar-refractivity contribution is -0.0110. The van der Waals surface area contributed by atoms with E-state index in [-0.39, 0.29) is 34.7 Å². The number of hydrogen-bond donors (Lipinski definition) is 4. The zero-order valence-corrected chi connectivity index (χ0v) is 24.6. The maximum absolute atomic E-state index is 13.6. The van der Waals surface area contributed by atoms with Crippen molar-refractivity contribution in [2.45, 2.75) is 46.1 Å². The van der Waals surface area contributed by atoms with Gasteiger partial charge in [-0.3, -0.25) is 9.59 Å². The Hall–Kier alpha value is -5.46. The SMILES string of the molecule is CCCNC(=O)c1ccc(C)c(N=C(N=CN)c2[nH]cc(C(=O)N(C(=O)OCOC(=O)c3ccc(O)cc3)C3CC3)c2C)c1. The molecule has 230 valence electrons. The number of phenolic OH excluding ortho intramolecular Hbond substituents is 1. The highest BCUT2D eigenvalue weighted by Crippen LogP contribution is 2.31. The van der Waals surface area contributed by atoms with Gasteiger partial charge >= 0.3 is 12.1 Å². The van der Waals surface area contributed by atoms with Gasteiger partial charge in [0.25, 0.3) is 11.8 Å². The number of amidine groups is 1. The zero-order valence-electron chi connectivity index (χ0n) is 24.6. The third-order valence-corrected chi connectivity index (χ3v) is 6.83. The molecule has 0 bridgehead atoms. The minimum Gasteiger partial charge on any atom is -0.508 e. The molecule has 0 unspecified atom stereocenters. The van der Waals surface area contributed by atoms with Gasteiger partial charge in [-0.1, -0.05) is 13.0 Å². The summed E-state index contributed by atoms with van der Waals surface area (Å²) in [4.78, 5) is 64.1. The van der Waals surface area contributed by atoms with Crippen LogP contribution in [0.3, 0.4) is 0 Å². The number of H-pyrrole nitrogens is 1. The van der Waals surface area contributed by atoms with Gasteiger partial charge in [0.2, 0.25) is 6.79 Å². The average molecular weight is 603 g/mol. The highest BCUT2D eigenvalue weighted by Gasteiger charge is 2.40. The number of nitrogens with zero attached hydrogens (tertiary/aromatic N) is 3. The Labute approximate surface area is 253 Å². The van der Waals surface area contributed by atoms with Crippen LogP contribution in [0.15, 0.2) is 58.6 Å². The van der Waals surface area contributed by atoms with Crippen molar-refractivity contribution in [2.24, 2.45) is 15.7 Å². The molecule has 1 aromatic heterocycles. The first-order valence-electron chi connectivity index (χ1n) is 14.0. The molecular formula is C31H34N6O7. The molecule has 0 spiro atoms. The number of aliphatic imine (C=N–C) groups is 2. The molecule has 1 fully saturated rings. The number of aromatic nitrogens is 1. The van der Waals surface area contributed by atoms with Crippen LogP contribution in [0.1, 0.15) is 74.1 Å². The van der Waals surface area contributed by atoms with E-state index in [1.165, 1.54) is 30.5 Å². The fraction of sp³-hybridized carbons (Fsp3) is 0.290. The maximum atomic E-state index is 13.6. The van der Waals surface area contributed by atoms with Gasteiger partial charge in [-0.15, -0.1) is 0 Å². The number of esters is 1. The predicted octanol–water partition coefficient (Wildman–Crippen LogP) is 4.10. The summed E-state index contributed by atoms with van der Waals surface area (Å²) >= 11 is 0. The second-order valence-corrected chi connectivity index (χ2v) is 10.1. The summed E-state index contributed by atoms with van der Waals surface area (Å²) in [5.41, 5.74) is 8.53. The van der Waals surface area contributed by atoms with Crippen LogP contribution in [-0.2, 0) is 9.47 Å². The number of nitrogens with two attached hydrogens (primary N) is 1. The minimum absolute atomic E-state index is 0.0147. The smallest absolute Gasteiger partial charge is 0.419 e. The summed E-state index contributed by atoms with van der Waals surface area (Å²) in [6, 6.07) is 10.1. The number of ether oxygens (including phenoxy) is 2. The van der Waals surface area contributed by atoms with Gasteiger partial charge in [-0.2, -0.15) is 0 Å². The molecule has 5 N–H and O–H groups in total. The first-order chi connectivity index (χ1) is 21.1. The van der Waals surface area contributed by atoms with E-state index in [2.05, 4.69) is 20.3 Å². The normalized spacial score (nSPS) is 13.0. The summed E-state index contributed by atoms with van der Waals surface area (Å²) < 4.78 is 10.1. The average Bonchev–Trinajstić information content (AvgIpc) is 3.76. The molecule has 3 aromatic rings. The summed E-state index contributed by atoms with van der Waals surface area (Å²) in [6.07, 6.45) is 3.58. The monoisotopic (exact) mass is 602 g/mol. The van der Waals surface area contributed by atoms with Crippen molar-refractivity contribution in [1.29, 1.82) is 0 Å². The summed E-state index contributed by atoms with van der Waals surface area (Å²) in [7, 11) is 0. The topological polar surface area (TPSA) is 189 Å². The molecule has 0 saturated heterocycles. The number of benzene rings is 2. The Balaban J connectivity index is 1.52. The van der Waals surface area contributed by atoms with Crippen LogP contribution in [-0.4, -0.2) is 70.4 Å². The molecule has 44 heavy (non-hydrogen) atoms. The van der Waals surface area contributed by atoms with Gasteiger partial charge in [0, 0.05) is 24.3 Å². The van der Waals surface area contributed by atoms with Crippen LogP contribution in [0.2, 0.25) is 0 Å². The minimum atomic E-state index is -0.958. The molecule has 4 rings (SSSR count). The van der Waals surface area contributed by atoms with Crippen molar-refractivity contribution >= 4 is 41.7 Å².